The number of benzene rings is 1. The molecule has 0 saturated carbocycles. The summed E-state index contributed by atoms with van der Waals surface area (Å²) in [5.41, 5.74) is 8.43. The summed E-state index contributed by atoms with van der Waals surface area (Å²) in [5.74, 6) is -0.185. The zero-order valence-electron chi connectivity index (χ0n) is 12.1. The largest absolute Gasteiger partial charge is 0.326 e. The second-order valence-corrected chi connectivity index (χ2v) is 5.49. The molecule has 0 aromatic heterocycles. The van der Waals surface area contributed by atoms with Crippen molar-refractivity contribution in [1.29, 1.82) is 0 Å². The van der Waals surface area contributed by atoms with Gasteiger partial charge in [0.25, 0.3) is 0 Å². The van der Waals surface area contributed by atoms with E-state index in [-0.39, 0.29) is 17.4 Å². The molecule has 18 heavy (non-hydrogen) atoms. The molecule has 0 saturated heterocycles. The maximum atomic E-state index is 13.1. The first-order valence-corrected chi connectivity index (χ1v) is 6.49. The Morgan fingerprint density at radius 3 is 2.44 bits per heavy atom. The Kier molecular flexibility index (Phi) is 4.88. The third-order valence-electron chi connectivity index (χ3n) is 4.28. The van der Waals surface area contributed by atoms with Crippen molar-refractivity contribution in [2.75, 3.05) is 14.1 Å². The van der Waals surface area contributed by atoms with E-state index in [0.717, 1.165) is 24.0 Å². The number of rotatable bonds is 5. The molecule has 1 rings (SSSR count). The molecule has 0 radical (unpaired) electrons. The summed E-state index contributed by atoms with van der Waals surface area (Å²) in [7, 11) is 4.11. The van der Waals surface area contributed by atoms with Crippen molar-refractivity contribution in [3.05, 3.63) is 35.1 Å². The molecule has 2 nitrogen and oxygen atoms in total. The molecule has 2 unspecified atom stereocenters. The number of nitrogens with zero attached hydrogens (tertiary/aromatic N) is 1. The van der Waals surface area contributed by atoms with Crippen LogP contribution in [0.5, 0.6) is 0 Å². The Balaban J connectivity index is 2.89. The SMILES string of the molecule is CCC(C)(C(N)Cc1ccc(F)cc1C)N(C)C. The highest BCUT2D eigenvalue weighted by Gasteiger charge is 2.32. The van der Waals surface area contributed by atoms with E-state index in [2.05, 4.69) is 32.8 Å². The van der Waals surface area contributed by atoms with Gasteiger partial charge in [-0.05, 0) is 64.0 Å². The summed E-state index contributed by atoms with van der Waals surface area (Å²) in [5, 5.41) is 0. The molecule has 1 aromatic carbocycles. The number of hydrogen-bond acceptors (Lipinski definition) is 2. The molecule has 3 heteroatoms. The fourth-order valence-electron chi connectivity index (χ4n) is 2.26. The maximum Gasteiger partial charge on any atom is 0.123 e. The summed E-state index contributed by atoms with van der Waals surface area (Å²) in [6.45, 7) is 6.26. The van der Waals surface area contributed by atoms with Crippen molar-refractivity contribution < 1.29 is 4.39 Å². The predicted octanol–water partition coefficient (Wildman–Crippen LogP) is 2.73. The molecule has 0 bridgehead atoms. The minimum Gasteiger partial charge on any atom is -0.326 e. The highest BCUT2D eigenvalue weighted by atomic mass is 19.1. The van der Waals surface area contributed by atoms with Crippen molar-refractivity contribution in [3.63, 3.8) is 0 Å². The van der Waals surface area contributed by atoms with Crippen LogP contribution in [0.25, 0.3) is 0 Å². The average molecular weight is 252 g/mol. The van der Waals surface area contributed by atoms with Gasteiger partial charge in [-0.2, -0.15) is 0 Å². The van der Waals surface area contributed by atoms with Gasteiger partial charge >= 0.3 is 0 Å². The predicted molar refractivity (Wildman–Crippen MR) is 75.2 cm³/mol. The highest BCUT2D eigenvalue weighted by Crippen LogP contribution is 2.23. The Labute approximate surface area is 110 Å². The van der Waals surface area contributed by atoms with Gasteiger partial charge in [-0.1, -0.05) is 13.0 Å². The van der Waals surface area contributed by atoms with Gasteiger partial charge in [-0.3, -0.25) is 0 Å². The maximum absolute atomic E-state index is 13.1. The van der Waals surface area contributed by atoms with Gasteiger partial charge in [0.1, 0.15) is 5.82 Å². The van der Waals surface area contributed by atoms with Crippen LogP contribution in [0.3, 0.4) is 0 Å². The lowest BCUT2D eigenvalue weighted by molar-refractivity contribution is 0.131. The van der Waals surface area contributed by atoms with Gasteiger partial charge in [0.05, 0.1) is 0 Å². The van der Waals surface area contributed by atoms with Gasteiger partial charge in [0, 0.05) is 11.6 Å². The van der Waals surface area contributed by atoms with Crippen molar-refractivity contribution in [3.8, 4) is 0 Å². The van der Waals surface area contributed by atoms with Gasteiger partial charge in [0.15, 0.2) is 0 Å². The van der Waals surface area contributed by atoms with E-state index >= 15 is 0 Å². The Bertz CT molecular complexity index is 403. The molecular weight excluding hydrogens is 227 g/mol. The first-order chi connectivity index (χ1) is 8.31. The Morgan fingerprint density at radius 2 is 2.00 bits per heavy atom. The van der Waals surface area contributed by atoms with E-state index in [1.54, 1.807) is 6.07 Å². The van der Waals surface area contributed by atoms with Crippen LogP contribution in [-0.4, -0.2) is 30.6 Å². The van der Waals surface area contributed by atoms with Crippen LogP contribution in [0.15, 0.2) is 18.2 Å². The van der Waals surface area contributed by atoms with E-state index in [4.69, 9.17) is 5.73 Å². The van der Waals surface area contributed by atoms with Crippen LogP contribution in [0.4, 0.5) is 4.39 Å². The molecule has 0 aliphatic heterocycles. The van der Waals surface area contributed by atoms with Crippen LogP contribution in [0.2, 0.25) is 0 Å². The lowest BCUT2D eigenvalue weighted by Crippen LogP contribution is -2.55. The molecule has 0 heterocycles. The molecule has 2 atom stereocenters. The Hall–Kier alpha value is -0.930. The monoisotopic (exact) mass is 252 g/mol. The zero-order valence-corrected chi connectivity index (χ0v) is 12.1. The van der Waals surface area contributed by atoms with E-state index in [0.29, 0.717) is 0 Å². The normalized spacial score (nSPS) is 16.7. The lowest BCUT2D eigenvalue weighted by Gasteiger charge is -2.41. The van der Waals surface area contributed by atoms with E-state index < -0.39 is 0 Å². The van der Waals surface area contributed by atoms with Crippen LogP contribution in [0, 0.1) is 12.7 Å². The first kappa shape index (κ1) is 15.1. The third-order valence-corrected chi connectivity index (χ3v) is 4.28. The fourth-order valence-corrected chi connectivity index (χ4v) is 2.26. The van der Waals surface area contributed by atoms with Crippen LogP contribution in [0.1, 0.15) is 31.4 Å². The fraction of sp³-hybridized carbons (Fsp3) is 0.600. The van der Waals surface area contributed by atoms with Gasteiger partial charge in [-0.15, -0.1) is 0 Å². The van der Waals surface area contributed by atoms with Crippen molar-refractivity contribution in [2.45, 2.75) is 45.2 Å². The van der Waals surface area contributed by atoms with Crippen molar-refractivity contribution in [2.24, 2.45) is 5.73 Å². The average Bonchev–Trinajstić information content (AvgIpc) is 2.31. The molecule has 0 aliphatic rings. The van der Waals surface area contributed by atoms with E-state index in [1.165, 1.54) is 6.07 Å². The van der Waals surface area contributed by atoms with Crippen LogP contribution >= 0.6 is 0 Å². The molecule has 0 aliphatic carbocycles. The van der Waals surface area contributed by atoms with Crippen LogP contribution < -0.4 is 5.73 Å². The topological polar surface area (TPSA) is 29.3 Å². The Morgan fingerprint density at radius 1 is 1.39 bits per heavy atom. The second-order valence-electron chi connectivity index (χ2n) is 5.49. The van der Waals surface area contributed by atoms with E-state index in [9.17, 15) is 4.39 Å². The number of halogens is 1. The first-order valence-electron chi connectivity index (χ1n) is 6.49. The van der Waals surface area contributed by atoms with Gasteiger partial charge in [0.2, 0.25) is 0 Å². The molecule has 2 N–H and O–H groups in total. The van der Waals surface area contributed by atoms with Crippen molar-refractivity contribution in [1.82, 2.24) is 4.90 Å². The molecule has 0 amide bonds. The number of aryl methyl sites for hydroxylation is 1. The van der Waals surface area contributed by atoms with Gasteiger partial charge < -0.3 is 10.6 Å². The van der Waals surface area contributed by atoms with Crippen molar-refractivity contribution >= 4 is 0 Å². The molecular formula is C15H25FN2. The lowest BCUT2D eigenvalue weighted by atomic mass is 9.84. The quantitative estimate of drug-likeness (QED) is 0.873. The summed E-state index contributed by atoms with van der Waals surface area (Å²) in [6, 6.07) is 4.95. The second kappa shape index (κ2) is 5.81. The van der Waals surface area contributed by atoms with E-state index in [1.807, 2.05) is 13.0 Å². The standard InChI is InChI=1S/C15H25FN2/c1-6-15(3,18(4)5)14(17)10-12-7-8-13(16)9-11(12)2/h7-9,14H,6,10,17H2,1-5H3. The molecule has 0 fully saturated rings. The third kappa shape index (κ3) is 3.09. The number of nitrogens with two attached hydrogens (primary N) is 1. The summed E-state index contributed by atoms with van der Waals surface area (Å²) in [4.78, 5) is 2.18. The summed E-state index contributed by atoms with van der Waals surface area (Å²) in [6.07, 6.45) is 1.76. The summed E-state index contributed by atoms with van der Waals surface area (Å²) >= 11 is 0. The van der Waals surface area contributed by atoms with Gasteiger partial charge in [-0.25, -0.2) is 4.39 Å². The summed E-state index contributed by atoms with van der Waals surface area (Å²) < 4.78 is 13.1. The van der Waals surface area contributed by atoms with Crippen LogP contribution in [-0.2, 0) is 6.42 Å². The number of hydrogen-bond donors (Lipinski definition) is 1. The number of likely N-dealkylation sites (N-methyl/N-ethyl adjacent to an activating group) is 1. The highest BCUT2D eigenvalue weighted by molar-refractivity contribution is 5.28. The minimum absolute atomic E-state index is 0.0293. The molecule has 1 aromatic rings. The molecule has 0 spiro atoms. The zero-order chi connectivity index (χ0) is 13.9. The smallest absolute Gasteiger partial charge is 0.123 e. The minimum atomic E-state index is -0.185. The molecule has 102 valence electrons.